The first-order valence-corrected chi connectivity index (χ1v) is 6.33. The summed E-state index contributed by atoms with van der Waals surface area (Å²) in [4.78, 5) is 21.9. The molecule has 0 saturated heterocycles. The molecule has 0 rings (SSSR count). The molecule has 17 heavy (non-hydrogen) atoms. The minimum absolute atomic E-state index is 0.538. The van der Waals surface area contributed by atoms with E-state index >= 15 is 0 Å². The SMILES string of the molecule is COC(=O)C(=O)NCCC(C)CCCC(C)C. The lowest BCUT2D eigenvalue weighted by Gasteiger charge is -2.12. The van der Waals surface area contributed by atoms with Crippen molar-refractivity contribution in [2.24, 2.45) is 11.8 Å². The molecule has 0 aromatic carbocycles. The standard InChI is InChI=1S/C13H25NO3/c1-10(2)6-5-7-11(3)8-9-14-12(15)13(16)17-4/h10-11H,5-9H2,1-4H3,(H,14,15). The van der Waals surface area contributed by atoms with Crippen LogP contribution in [-0.4, -0.2) is 25.5 Å². The molecule has 0 aromatic heterocycles. The number of methoxy groups -OCH3 is 1. The maximum Gasteiger partial charge on any atom is 0.396 e. The predicted molar refractivity (Wildman–Crippen MR) is 67.5 cm³/mol. The molecule has 0 heterocycles. The van der Waals surface area contributed by atoms with Crippen molar-refractivity contribution in [3.8, 4) is 0 Å². The van der Waals surface area contributed by atoms with Gasteiger partial charge in [-0.05, 0) is 18.3 Å². The maximum atomic E-state index is 11.1. The van der Waals surface area contributed by atoms with Crippen molar-refractivity contribution in [1.29, 1.82) is 0 Å². The zero-order valence-electron chi connectivity index (χ0n) is 11.4. The highest BCUT2D eigenvalue weighted by molar-refractivity contribution is 6.32. The fourth-order valence-corrected chi connectivity index (χ4v) is 1.62. The van der Waals surface area contributed by atoms with E-state index in [4.69, 9.17) is 0 Å². The van der Waals surface area contributed by atoms with E-state index in [-0.39, 0.29) is 0 Å². The maximum absolute atomic E-state index is 11.1. The van der Waals surface area contributed by atoms with Gasteiger partial charge >= 0.3 is 11.9 Å². The number of carbonyl (C=O) groups excluding carboxylic acids is 2. The highest BCUT2D eigenvalue weighted by Gasteiger charge is 2.12. The second kappa shape index (κ2) is 9.02. The molecule has 0 aromatic rings. The highest BCUT2D eigenvalue weighted by Crippen LogP contribution is 2.14. The smallest absolute Gasteiger partial charge is 0.396 e. The molecule has 0 aliphatic carbocycles. The van der Waals surface area contributed by atoms with Gasteiger partial charge in [0.1, 0.15) is 0 Å². The molecular formula is C13H25NO3. The predicted octanol–water partition coefficient (Wildman–Crippen LogP) is 2.13. The first kappa shape index (κ1) is 15.9. The number of carbonyl (C=O) groups is 2. The third-order valence-corrected chi connectivity index (χ3v) is 2.77. The van der Waals surface area contributed by atoms with E-state index in [0.29, 0.717) is 12.5 Å². The zero-order chi connectivity index (χ0) is 13.3. The van der Waals surface area contributed by atoms with Crippen LogP contribution in [0.5, 0.6) is 0 Å². The van der Waals surface area contributed by atoms with Gasteiger partial charge in [0.2, 0.25) is 0 Å². The summed E-state index contributed by atoms with van der Waals surface area (Å²) in [7, 11) is 1.20. The fourth-order valence-electron chi connectivity index (χ4n) is 1.62. The second-order valence-electron chi connectivity index (χ2n) is 4.97. The summed E-state index contributed by atoms with van der Waals surface area (Å²) >= 11 is 0. The van der Waals surface area contributed by atoms with Gasteiger partial charge in [-0.3, -0.25) is 4.79 Å². The van der Waals surface area contributed by atoms with Crippen LogP contribution in [0.15, 0.2) is 0 Å². The van der Waals surface area contributed by atoms with Crippen LogP contribution in [0.3, 0.4) is 0 Å². The minimum Gasteiger partial charge on any atom is -0.462 e. The molecule has 0 aliphatic rings. The molecule has 0 bridgehead atoms. The topological polar surface area (TPSA) is 55.4 Å². The number of nitrogens with one attached hydrogen (secondary N) is 1. The summed E-state index contributed by atoms with van der Waals surface area (Å²) in [6.07, 6.45) is 4.55. The first-order valence-electron chi connectivity index (χ1n) is 6.33. The van der Waals surface area contributed by atoms with Gasteiger partial charge < -0.3 is 10.1 Å². The molecule has 0 spiro atoms. The average molecular weight is 243 g/mol. The number of amides is 1. The van der Waals surface area contributed by atoms with Crippen LogP contribution < -0.4 is 5.32 Å². The summed E-state index contributed by atoms with van der Waals surface area (Å²) in [5, 5.41) is 2.55. The van der Waals surface area contributed by atoms with Crippen molar-refractivity contribution >= 4 is 11.9 Å². The Labute approximate surface area is 104 Å². The largest absolute Gasteiger partial charge is 0.462 e. The van der Waals surface area contributed by atoms with Gasteiger partial charge in [0.05, 0.1) is 7.11 Å². The van der Waals surface area contributed by atoms with E-state index in [9.17, 15) is 9.59 Å². The molecule has 0 saturated carbocycles. The molecular weight excluding hydrogens is 218 g/mol. The number of hydrogen-bond acceptors (Lipinski definition) is 3. The van der Waals surface area contributed by atoms with E-state index in [2.05, 4.69) is 30.8 Å². The van der Waals surface area contributed by atoms with E-state index in [0.717, 1.165) is 12.3 Å². The molecule has 1 N–H and O–H groups in total. The fraction of sp³-hybridized carbons (Fsp3) is 0.846. The van der Waals surface area contributed by atoms with Gasteiger partial charge in [0.15, 0.2) is 0 Å². The Morgan fingerprint density at radius 3 is 2.29 bits per heavy atom. The number of ether oxygens (including phenoxy) is 1. The van der Waals surface area contributed by atoms with Gasteiger partial charge in [-0.15, -0.1) is 0 Å². The normalized spacial score (nSPS) is 12.3. The van der Waals surface area contributed by atoms with Crippen LogP contribution in [0.4, 0.5) is 0 Å². The lowest BCUT2D eigenvalue weighted by molar-refractivity contribution is -0.152. The number of rotatable bonds is 7. The quantitative estimate of drug-likeness (QED) is 0.550. The Kier molecular flexibility index (Phi) is 8.46. The second-order valence-corrected chi connectivity index (χ2v) is 4.97. The molecule has 4 heteroatoms. The molecule has 4 nitrogen and oxygen atoms in total. The molecule has 100 valence electrons. The molecule has 1 atom stereocenters. The number of hydrogen-bond donors (Lipinski definition) is 1. The summed E-state index contributed by atoms with van der Waals surface area (Å²) in [6.45, 7) is 7.16. The Morgan fingerprint density at radius 2 is 1.76 bits per heavy atom. The zero-order valence-corrected chi connectivity index (χ0v) is 11.4. The van der Waals surface area contributed by atoms with Crippen LogP contribution in [-0.2, 0) is 14.3 Å². The van der Waals surface area contributed by atoms with Crippen LogP contribution in [0.25, 0.3) is 0 Å². The van der Waals surface area contributed by atoms with Gasteiger partial charge in [0, 0.05) is 6.54 Å². The Hall–Kier alpha value is -1.06. The molecule has 1 amide bonds. The summed E-state index contributed by atoms with van der Waals surface area (Å²) in [6, 6.07) is 0. The third-order valence-electron chi connectivity index (χ3n) is 2.77. The van der Waals surface area contributed by atoms with Crippen LogP contribution in [0.1, 0.15) is 46.5 Å². The van der Waals surface area contributed by atoms with Crippen molar-refractivity contribution in [2.75, 3.05) is 13.7 Å². The average Bonchev–Trinajstić information content (AvgIpc) is 2.27. The molecule has 0 fully saturated rings. The molecule has 1 unspecified atom stereocenters. The Morgan fingerprint density at radius 1 is 1.12 bits per heavy atom. The van der Waals surface area contributed by atoms with Gasteiger partial charge in [0.25, 0.3) is 0 Å². The lowest BCUT2D eigenvalue weighted by Crippen LogP contribution is -2.33. The number of esters is 1. The molecule has 0 radical (unpaired) electrons. The van der Waals surface area contributed by atoms with Crippen LogP contribution in [0.2, 0.25) is 0 Å². The van der Waals surface area contributed by atoms with Gasteiger partial charge in [-0.2, -0.15) is 0 Å². The van der Waals surface area contributed by atoms with E-state index in [1.807, 2.05) is 0 Å². The molecule has 0 aliphatic heterocycles. The Balaban J connectivity index is 3.54. The van der Waals surface area contributed by atoms with E-state index in [1.54, 1.807) is 0 Å². The summed E-state index contributed by atoms with van der Waals surface area (Å²) in [5.74, 6) is -0.146. The Bertz CT molecular complexity index is 239. The van der Waals surface area contributed by atoms with Crippen LogP contribution in [0, 0.1) is 11.8 Å². The van der Waals surface area contributed by atoms with Crippen molar-refractivity contribution < 1.29 is 14.3 Å². The van der Waals surface area contributed by atoms with Crippen molar-refractivity contribution in [2.45, 2.75) is 46.5 Å². The highest BCUT2D eigenvalue weighted by atomic mass is 16.5. The van der Waals surface area contributed by atoms with Crippen molar-refractivity contribution in [3.63, 3.8) is 0 Å². The van der Waals surface area contributed by atoms with Gasteiger partial charge in [-0.1, -0.05) is 40.0 Å². The lowest BCUT2D eigenvalue weighted by atomic mass is 9.97. The van der Waals surface area contributed by atoms with Crippen molar-refractivity contribution in [3.05, 3.63) is 0 Å². The van der Waals surface area contributed by atoms with E-state index in [1.165, 1.54) is 26.4 Å². The van der Waals surface area contributed by atoms with Crippen LogP contribution >= 0.6 is 0 Å². The van der Waals surface area contributed by atoms with Gasteiger partial charge in [-0.25, -0.2) is 4.79 Å². The first-order chi connectivity index (χ1) is 7.97. The summed E-state index contributed by atoms with van der Waals surface area (Å²) in [5.41, 5.74) is 0. The monoisotopic (exact) mass is 243 g/mol. The van der Waals surface area contributed by atoms with Crippen molar-refractivity contribution in [1.82, 2.24) is 5.32 Å². The minimum atomic E-state index is -0.822. The third kappa shape index (κ3) is 8.72. The summed E-state index contributed by atoms with van der Waals surface area (Å²) < 4.78 is 4.31. The van der Waals surface area contributed by atoms with E-state index < -0.39 is 11.9 Å².